The van der Waals surface area contributed by atoms with E-state index in [1.165, 1.54) is 25.7 Å². The fraction of sp³-hybridized carbons (Fsp3) is 1.00. The monoisotopic (exact) mass is 183 g/mol. The molecule has 0 spiro atoms. The minimum absolute atomic E-state index is 0.0491. The first-order chi connectivity index (χ1) is 5.87. The fourth-order valence-electron chi connectivity index (χ4n) is 2.64. The molecule has 2 N–H and O–H groups in total. The van der Waals surface area contributed by atoms with Crippen molar-refractivity contribution in [3.05, 3.63) is 0 Å². The summed E-state index contributed by atoms with van der Waals surface area (Å²) in [5, 5.41) is 0. The lowest BCUT2D eigenvalue weighted by Gasteiger charge is -2.39. The molecule has 0 aromatic carbocycles. The third-order valence-corrected chi connectivity index (χ3v) is 2.95. The highest BCUT2D eigenvalue weighted by molar-refractivity contribution is 4.86. The van der Waals surface area contributed by atoms with Gasteiger partial charge in [0.2, 0.25) is 0 Å². The zero-order chi connectivity index (χ0) is 10.1. The van der Waals surface area contributed by atoms with Crippen LogP contribution in [0.25, 0.3) is 0 Å². The van der Waals surface area contributed by atoms with Gasteiger partial charge in [-0.25, -0.2) is 0 Å². The molecule has 1 aliphatic carbocycles. The second-order valence-corrected chi connectivity index (χ2v) is 6.03. The van der Waals surface area contributed by atoms with Crippen LogP contribution in [0.5, 0.6) is 0 Å². The average Bonchev–Trinajstić information content (AvgIpc) is 1.78. The van der Waals surface area contributed by atoms with Crippen molar-refractivity contribution in [1.29, 1.82) is 0 Å². The third kappa shape index (κ3) is 4.12. The molecule has 13 heavy (non-hydrogen) atoms. The van der Waals surface area contributed by atoms with E-state index in [0.29, 0.717) is 0 Å². The van der Waals surface area contributed by atoms with Gasteiger partial charge in [0.25, 0.3) is 0 Å². The lowest BCUT2D eigenvalue weighted by molar-refractivity contribution is 0.135. The molecule has 0 aromatic rings. The van der Waals surface area contributed by atoms with Crippen molar-refractivity contribution in [2.45, 2.75) is 58.9 Å². The van der Waals surface area contributed by atoms with E-state index in [-0.39, 0.29) is 5.54 Å². The van der Waals surface area contributed by atoms with Crippen molar-refractivity contribution < 1.29 is 0 Å². The highest BCUT2D eigenvalue weighted by Crippen LogP contribution is 2.41. The molecule has 0 amide bonds. The molecule has 0 unspecified atom stereocenters. The van der Waals surface area contributed by atoms with Crippen molar-refractivity contribution in [2.24, 2.45) is 23.5 Å². The largest absolute Gasteiger partial charge is 0.326 e. The summed E-state index contributed by atoms with van der Waals surface area (Å²) >= 11 is 0. The molecular weight excluding hydrogens is 158 g/mol. The van der Waals surface area contributed by atoms with Gasteiger partial charge in [-0.15, -0.1) is 0 Å². The van der Waals surface area contributed by atoms with Crippen molar-refractivity contribution in [2.75, 3.05) is 0 Å². The summed E-state index contributed by atoms with van der Waals surface area (Å²) in [4.78, 5) is 0. The van der Waals surface area contributed by atoms with Crippen molar-refractivity contribution in [3.8, 4) is 0 Å². The molecule has 1 heteroatoms. The van der Waals surface area contributed by atoms with E-state index in [9.17, 15) is 0 Å². The molecule has 1 aliphatic rings. The molecule has 1 rings (SSSR count). The minimum atomic E-state index is 0.0491. The predicted molar refractivity (Wildman–Crippen MR) is 58.6 cm³/mol. The van der Waals surface area contributed by atoms with Gasteiger partial charge in [0.15, 0.2) is 0 Å². The van der Waals surface area contributed by atoms with Crippen LogP contribution in [0.15, 0.2) is 0 Å². The first-order valence-corrected chi connectivity index (χ1v) is 5.65. The van der Waals surface area contributed by atoms with Gasteiger partial charge in [0.1, 0.15) is 0 Å². The Morgan fingerprint density at radius 3 is 2.15 bits per heavy atom. The minimum Gasteiger partial charge on any atom is -0.326 e. The van der Waals surface area contributed by atoms with Crippen molar-refractivity contribution in [3.63, 3.8) is 0 Å². The molecule has 0 aliphatic heterocycles. The molecule has 78 valence electrons. The van der Waals surface area contributed by atoms with Crippen LogP contribution >= 0.6 is 0 Å². The molecule has 0 saturated heterocycles. The Hall–Kier alpha value is -0.0400. The first kappa shape index (κ1) is 11.0. The van der Waals surface area contributed by atoms with Gasteiger partial charge in [-0.1, -0.05) is 13.8 Å². The van der Waals surface area contributed by atoms with Crippen LogP contribution in [-0.2, 0) is 0 Å². The molecule has 1 fully saturated rings. The molecule has 0 bridgehead atoms. The van der Waals surface area contributed by atoms with E-state index < -0.39 is 0 Å². The second kappa shape index (κ2) is 4.00. The molecule has 1 nitrogen and oxygen atoms in total. The number of rotatable bonds is 4. The van der Waals surface area contributed by atoms with E-state index in [1.807, 2.05) is 0 Å². The molecule has 0 atom stereocenters. The molecular formula is C12H25N. The Morgan fingerprint density at radius 2 is 1.77 bits per heavy atom. The van der Waals surface area contributed by atoms with Crippen LogP contribution < -0.4 is 5.73 Å². The van der Waals surface area contributed by atoms with Crippen LogP contribution in [-0.4, -0.2) is 5.54 Å². The van der Waals surface area contributed by atoms with Gasteiger partial charge < -0.3 is 5.73 Å². The van der Waals surface area contributed by atoms with Crippen LogP contribution in [0.3, 0.4) is 0 Å². The van der Waals surface area contributed by atoms with Crippen molar-refractivity contribution in [1.82, 2.24) is 0 Å². The summed E-state index contributed by atoms with van der Waals surface area (Å²) in [5.74, 6) is 2.80. The third-order valence-electron chi connectivity index (χ3n) is 2.95. The molecule has 0 heterocycles. The van der Waals surface area contributed by atoms with E-state index >= 15 is 0 Å². The normalized spacial score (nSPS) is 29.1. The Kier molecular flexibility index (Phi) is 3.39. The summed E-state index contributed by atoms with van der Waals surface area (Å²) in [6.45, 7) is 8.92. The second-order valence-electron chi connectivity index (χ2n) is 6.03. The van der Waals surface area contributed by atoms with E-state index in [1.54, 1.807) is 0 Å². The summed E-state index contributed by atoms with van der Waals surface area (Å²) in [7, 11) is 0. The van der Waals surface area contributed by atoms with E-state index in [0.717, 1.165) is 17.8 Å². The lowest BCUT2D eigenvalue weighted by atomic mass is 9.68. The molecule has 0 aromatic heterocycles. The summed E-state index contributed by atoms with van der Waals surface area (Å²) in [5.41, 5.74) is 6.04. The van der Waals surface area contributed by atoms with Gasteiger partial charge in [-0.2, -0.15) is 0 Å². The molecule has 0 radical (unpaired) electrons. The Bertz CT molecular complexity index is 149. The Labute approximate surface area is 83.1 Å². The van der Waals surface area contributed by atoms with Gasteiger partial charge in [0.05, 0.1) is 0 Å². The standard InChI is InChI=1S/C12H25N/c1-9(2)5-10-6-11(7-10)8-12(3,4)13/h9-11H,5-8,13H2,1-4H3/t10-,11+. The zero-order valence-electron chi connectivity index (χ0n) is 9.64. The highest BCUT2D eigenvalue weighted by Gasteiger charge is 2.32. The summed E-state index contributed by atoms with van der Waals surface area (Å²) in [6.07, 6.45) is 5.49. The summed E-state index contributed by atoms with van der Waals surface area (Å²) < 4.78 is 0. The lowest BCUT2D eigenvalue weighted by Crippen LogP contribution is -2.38. The average molecular weight is 183 g/mol. The van der Waals surface area contributed by atoms with Crippen LogP contribution in [0.1, 0.15) is 53.4 Å². The van der Waals surface area contributed by atoms with Crippen LogP contribution in [0.4, 0.5) is 0 Å². The number of hydrogen-bond donors (Lipinski definition) is 1. The highest BCUT2D eigenvalue weighted by atomic mass is 14.7. The summed E-state index contributed by atoms with van der Waals surface area (Å²) in [6, 6.07) is 0. The maximum absolute atomic E-state index is 5.99. The van der Waals surface area contributed by atoms with Gasteiger partial charge in [-0.05, 0) is 57.3 Å². The SMILES string of the molecule is CC(C)C[C@H]1C[C@@H](CC(C)(C)N)C1. The molecule has 1 saturated carbocycles. The predicted octanol–water partition coefficient (Wildman–Crippen LogP) is 3.19. The number of hydrogen-bond acceptors (Lipinski definition) is 1. The van der Waals surface area contributed by atoms with Gasteiger partial charge in [0, 0.05) is 5.54 Å². The van der Waals surface area contributed by atoms with Crippen LogP contribution in [0.2, 0.25) is 0 Å². The van der Waals surface area contributed by atoms with Gasteiger partial charge >= 0.3 is 0 Å². The fourth-order valence-corrected chi connectivity index (χ4v) is 2.64. The topological polar surface area (TPSA) is 26.0 Å². The Morgan fingerprint density at radius 1 is 1.23 bits per heavy atom. The van der Waals surface area contributed by atoms with E-state index in [2.05, 4.69) is 27.7 Å². The Balaban J connectivity index is 2.12. The smallest absolute Gasteiger partial charge is 0.00996 e. The first-order valence-electron chi connectivity index (χ1n) is 5.65. The number of nitrogens with two attached hydrogens (primary N) is 1. The maximum atomic E-state index is 5.99. The van der Waals surface area contributed by atoms with E-state index in [4.69, 9.17) is 5.73 Å². The van der Waals surface area contributed by atoms with Crippen LogP contribution in [0, 0.1) is 17.8 Å². The maximum Gasteiger partial charge on any atom is 0.00996 e. The quantitative estimate of drug-likeness (QED) is 0.711. The van der Waals surface area contributed by atoms with Crippen molar-refractivity contribution >= 4 is 0 Å². The zero-order valence-corrected chi connectivity index (χ0v) is 9.64. The van der Waals surface area contributed by atoms with Gasteiger partial charge in [-0.3, -0.25) is 0 Å².